The third-order valence-electron chi connectivity index (χ3n) is 4.68. The summed E-state index contributed by atoms with van der Waals surface area (Å²) in [6.07, 6.45) is 0.313. The molecule has 1 aliphatic rings. The molecular formula is C21H22ClNO4. The minimum Gasteiger partial charge on any atom is -0.493 e. The molecule has 142 valence electrons. The van der Waals surface area contributed by atoms with Gasteiger partial charge in [0.15, 0.2) is 5.60 Å². The monoisotopic (exact) mass is 387 g/mol. The minimum absolute atomic E-state index is 0.262. The Morgan fingerprint density at radius 1 is 1.26 bits per heavy atom. The average molecular weight is 388 g/mol. The van der Waals surface area contributed by atoms with E-state index < -0.39 is 11.5 Å². The summed E-state index contributed by atoms with van der Waals surface area (Å²) >= 11 is 6.05. The first-order valence-electron chi connectivity index (χ1n) is 8.85. The van der Waals surface area contributed by atoms with Crippen molar-refractivity contribution in [2.24, 2.45) is 0 Å². The zero-order valence-corrected chi connectivity index (χ0v) is 16.1. The van der Waals surface area contributed by atoms with E-state index in [1.165, 1.54) is 11.8 Å². The molecule has 0 saturated heterocycles. The van der Waals surface area contributed by atoms with Gasteiger partial charge in [0.1, 0.15) is 11.5 Å². The molecule has 0 aliphatic carbocycles. The van der Waals surface area contributed by atoms with Crippen molar-refractivity contribution in [2.75, 3.05) is 18.1 Å². The lowest BCUT2D eigenvalue weighted by atomic mass is 9.90. The standard InChI is InChI=1S/C21H22ClNO4/c1-14-6-3-4-7-19(14)27-11-5-10-23-18-9-8-16(22)12-17(18)21(26,20(23)25)13-15(2)24/h3-4,6-9,12,26H,5,10-11,13H2,1-2H3/t21-/m0/s1. The van der Waals surface area contributed by atoms with Gasteiger partial charge >= 0.3 is 0 Å². The van der Waals surface area contributed by atoms with Gasteiger partial charge in [-0.2, -0.15) is 0 Å². The number of aliphatic hydroxyl groups is 1. The number of aryl methyl sites for hydroxylation is 1. The predicted octanol–water partition coefficient (Wildman–Crippen LogP) is 3.63. The fourth-order valence-electron chi connectivity index (χ4n) is 3.40. The topological polar surface area (TPSA) is 66.8 Å². The Labute approximate surface area is 163 Å². The summed E-state index contributed by atoms with van der Waals surface area (Å²) < 4.78 is 5.78. The van der Waals surface area contributed by atoms with Gasteiger partial charge in [-0.3, -0.25) is 9.59 Å². The molecular weight excluding hydrogens is 366 g/mol. The van der Waals surface area contributed by atoms with Crippen molar-refractivity contribution in [3.63, 3.8) is 0 Å². The molecule has 1 atom stereocenters. The number of halogens is 1. The third kappa shape index (κ3) is 3.84. The van der Waals surface area contributed by atoms with Crippen LogP contribution in [-0.4, -0.2) is 29.9 Å². The van der Waals surface area contributed by atoms with Crippen LogP contribution in [0, 0.1) is 6.92 Å². The fourth-order valence-corrected chi connectivity index (χ4v) is 3.57. The van der Waals surface area contributed by atoms with Gasteiger partial charge in [-0.15, -0.1) is 0 Å². The zero-order valence-electron chi connectivity index (χ0n) is 15.4. The molecule has 0 bridgehead atoms. The van der Waals surface area contributed by atoms with Crippen LogP contribution in [0.1, 0.15) is 30.9 Å². The maximum atomic E-state index is 12.9. The summed E-state index contributed by atoms with van der Waals surface area (Å²) in [7, 11) is 0. The summed E-state index contributed by atoms with van der Waals surface area (Å²) in [6, 6.07) is 12.7. The van der Waals surface area contributed by atoms with Crippen LogP contribution in [0.4, 0.5) is 5.69 Å². The number of nitrogens with zero attached hydrogens (tertiary/aromatic N) is 1. The number of ether oxygens (including phenoxy) is 1. The van der Waals surface area contributed by atoms with Gasteiger partial charge in [-0.1, -0.05) is 29.8 Å². The van der Waals surface area contributed by atoms with Crippen LogP contribution in [0.3, 0.4) is 0 Å². The van der Waals surface area contributed by atoms with Crippen molar-refractivity contribution < 1.29 is 19.4 Å². The molecule has 0 aromatic heterocycles. The second-order valence-corrected chi connectivity index (χ2v) is 7.26. The van der Waals surface area contributed by atoms with Crippen LogP contribution in [0.5, 0.6) is 5.75 Å². The molecule has 1 N–H and O–H groups in total. The Balaban J connectivity index is 1.73. The minimum atomic E-state index is -1.86. The van der Waals surface area contributed by atoms with Crippen LogP contribution in [-0.2, 0) is 15.2 Å². The molecule has 0 saturated carbocycles. The van der Waals surface area contributed by atoms with Gasteiger partial charge in [-0.05, 0) is 50.1 Å². The van der Waals surface area contributed by atoms with Gasteiger partial charge in [0, 0.05) is 23.6 Å². The van der Waals surface area contributed by atoms with Gasteiger partial charge in [0.05, 0.1) is 12.3 Å². The van der Waals surface area contributed by atoms with E-state index in [1.54, 1.807) is 18.2 Å². The molecule has 5 nitrogen and oxygen atoms in total. The van der Waals surface area contributed by atoms with Gasteiger partial charge in [0.25, 0.3) is 5.91 Å². The summed E-state index contributed by atoms with van der Waals surface area (Å²) in [6.45, 7) is 4.14. The first kappa shape index (κ1) is 19.4. The maximum Gasteiger partial charge on any atom is 0.264 e. The van der Waals surface area contributed by atoms with Gasteiger partial charge in [-0.25, -0.2) is 0 Å². The molecule has 3 rings (SSSR count). The van der Waals surface area contributed by atoms with Crippen LogP contribution in [0.25, 0.3) is 0 Å². The molecule has 0 unspecified atom stereocenters. The Morgan fingerprint density at radius 2 is 2.00 bits per heavy atom. The Bertz CT molecular complexity index is 882. The second kappa shape index (κ2) is 7.71. The summed E-state index contributed by atoms with van der Waals surface area (Å²) in [4.78, 5) is 26.0. The Hall–Kier alpha value is -2.37. The predicted molar refractivity (Wildman–Crippen MR) is 104 cm³/mol. The highest BCUT2D eigenvalue weighted by atomic mass is 35.5. The van der Waals surface area contributed by atoms with E-state index in [0.29, 0.717) is 35.8 Å². The Kier molecular flexibility index (Phi) is 5.53. The van der Waals surface area contributed by atoms with E-state index in [1.807, 2.05) is 31.2 Å². The zero-order chi connectivity index (χ0) is 19.6. The lowest BCUT2D eigenvalue weighted by Crippen LogP contribution is -2.42. The molecule has 2 aromatic rings. The fraction of sp³-hybridized carbons (Fsp3) is 0.333. The van der Waals surface area contributed by atoms with E-state index in [4.69, 9.17) is 16.3 Å². The molecule has 1 aliphatic heterocycles. The summed E-state index contributed by atoms with van der Waals surface area (Å²) in [5.74, 6) is 0.0536. The Morgan fingerprint density at radius 3 is 2.70 bits per heavy atom. The van der Waals surface area contributed by atoms with Gasteiger partial charge in [0.2, 0.25) is 0 Å². The third-order valence-corrected chi connectivity index (χ3v) is 4.91. The molecule has 0 spiro atoms. The molecule has 6 heteroatoms. The molecule has 0 fully saturated rings. The number of hydrogen-bond acceptors (Lipinski definition) is 4. The van der Waals surface area contributed by atoms with Gasteiger partial charge < -0.3 is 14.7 Å². The van der Waals surface area contributed by atoms with E-state index >= 15 is 0 Å². The number of benzene rings is 2. The van der Waals surface area contributed by atoms with E-state index in [-0.39, 0.29) is 12.2 Å². The van der Waals surface area contributed by atoms with Crippen LogP contribution in [0.15, 0.2) is 42.5 Å². The normalized spacial score (nSPS) is 18.5. The number of Topliss-reactive ketones (excluding diaryl/α,β-unsaturated/α-hetero) is 1. The number of ketones is 1. The van der Waals surface area contributed by atoms with Crippen molar-refractivity contribution in [1.82, 2.24) is 0 Å². The van der Waals surface area contributed by atoms with Crippen molar-refractivity contribution in [2.45, 2.75) is 32.3 Å². The van der Waals surface area contributed by atoms with Crippen molar-refractivity contribution in [3.05, 3.63) is 58.6 Å². The number of hydrogen-bond donors (Lipinski definition) is 1. The highest BCUT2D eigenvalue weighted by molar-refractivity contribution is 6.31. The number of amides is 1. The number of fused-ring (bicyclic) bond motifs is 1. The van der Waals surface area contributed by atoms with Crippen molar-refractivity contribution in [3.8, 4) is 5.75 Å². The number of para-hydroxylation sites is 1. The molecule has 2 aromatic carbocycles. The highest BCUT2D eigenvalue weighted by Crippen LogP contribution is 2.43. The lowest BCUT2D eigenvalue weighted by molar-refractivity contribution is -0.141. The van der Waals surface area contributed by atoms with Crippen molar-refractivity contribution in [1.29, 1.82) is 0 Å². The molecule has 0 radical (unpaired) electrons. The largest absolute Gasteiger partial charge is 0.493 e. The van der Waals surface area contributed by atoms with E-state index in [0.717, 1.165) is 11.3 Å². The van der Waals surface area contributed by atoms with Crippen molar-refractivity contribution >= 4 is 29.0 Å². The number of carbonyl (C=O) groups is 2. The number of carbonyl (C=O) groups excluding carboxylic acids is 2. The van der Waals surface area contributed by atoms with Crippen LogP contribution >= 0.6 is 11.6 Å². The summed E-state index contributed by atoms with van der Waals surface area (Å²) in [5.41, 5.74) is 0.160. The molecule has 27 heavy (non-hydrogen) atoms. The first-order valence-corrected chi connectivity index (χ1v) is 9.23. The second-order valence-electron chi connectivity index (χ2n) is 6.82. The summed E-state index contributed by atoms with van der Waals surface area (Å²) in [5, 5.41) is 11.4. The quantitative estimate of drug-likeness (QED) is 0.737. The average Bonchev–Trinajstić information content (AvgIpc) is 2.81. The number of rotatable bonds is 7. The highest BCUT2D eigenvalue weighted by Gasteiger charge is 2.50. The number of anilines is 1. The lowest BCUT2D eigenvalue weighted by Gasteiger charge is -2.22. The van der Waals surface area contributed by atoms with E-state index in [9.17, 15) is 14.7 Å². The SMILES string of the molecule is CC(=O)C[C@@]1(O)C(=O)N(CCCOc2ccccc2C)c2ccc(Cl)cc21. The van der Waals surface area contributed by atoms with E-state index in [2.05, 4.69) is 0 Å². The maximum absolute atomic E-state index is 12.9. The molecule has 1 heterocycles. The first-order chi connectivity index (χ1) is 12.8. The molecule has 1 amide bonds. The van der Waals surface area contributed by atoms with Crippen LogP contribution in [0.2, 0.25) is 5.02 Å². The van der Waals surface area contributed by atoms with Crippen LogP contribution < -0.4 is 9.64 Å². The smallest absolute Gasteiger partial charge is 0.264 e.